The predicted octanol–water partition coefficient (Wildman–Crippen LogP) is 4.42. The molecule has 3 aromatic rings. The quantitative estimate of drug-likeness (QED) is 0.593. The highest BCUT2D eigenvalue weighted by molar-refractivity contribution is 6.35. The van der Waals surface area contributed by atoms with Gasteiger partial charge in [0.1, 0.15) is 17.4 Å². The van der Waals surface area contributed by atoms with E-state index in [1.165, 1.54) is 17.7 Å². The second kappa shape index (κ2) is 8.73. The van der Waals surface area contributed by atoms with Crippen LogP contribution >= 0.6 is 11.6 Å². The normalized spacial score (nSPS) is 20.0. The average Bonchev–Trinajstić information content (AvgIpc) is 3.40. The zero-order valence-electron chi connectivity index (χ0n) is 17.8. The molecule has 2 aliphatic rings. The van der Waals surface area contributed by atoms with E-state index >= 15 is 0 Å². The van der Waals surface area contributed by atoms with Crippen LogP contribution < -0.4 is 11.2 Å². The molecule has 0 radical (unpaired) electrons. The number of aromatic amines is 1. The topological polar surface area (TPSA) is 70.5 Å². The highest BCUT2D eigenvalue weighted by atomic mass is 35.5. The second-order valence-electron chi connectivity index (χ2n) is 8.66. The number of hydrogen-bond donors (Lipinski definition) is 2. The maximum atomic E-state index is 13.1. The molecule has 1 saturated heterocycles. The third-order valence-corrected chi connectivity index (χ3v) is 6.92. The SMILES string of the molecule is Cc1c(C2=CC(CN3CCC(Cc4ccc(F)cc4)CC3)ON2)cc2oc(=O)[nH]c2c1Cl. The zero-order chi connectivity index (χ0) is 22.2. The highest BCUT2D eigenvalue weighted by Gasteiger charge is 2.26. The van der Waals surface area contributed by atoms with Crippen LogP contribution in [0.2, 0.25) is 5.02 Å². The first-order valence-electron chi connectivity index (χ1n) is 10.9. The largest absolute Gasteiger partial charge is 0.417 e. The van der Waals surface area contributed by atoms with Gasteiger partial charge in [0, 0.05) is 12.1 Å². The summed E-state index contributed by atoms with van der Waals surface area (Å²) in [4.78, 5) is 22.4. The smallest absolute Gasteiger partial charge is 0.408 e. The van der Waals surface area contributed by atoms with Crippen LogP contribution in [0.4, 0.5) is 4.39 Å². The first kappa shape index (κ1) is 21.2. The Morgan fingerprint density at radius 3 is 2.72 bits per heavy atom. The number of fused-ring (bicyclic) bond motifs is 1. The summed E-state index contributed by atoms with van der Waals surface area (Å²) < 4.78 is 18.3. The molecule has 3 heterocycles. The summed E-state index contributed by atoms with van der Waals surface area (Å²) in [5, 5.41) is 0.470. The van der Waals surface area contributed by atoms with Crippen molar-refractivity contribution < 1.29 is 13.6 Å². The van der Waals surface area contributed by atoms with E-state index in [1.54, 1.807) is 6.07 Å². The Morgan fingerprint density at radius 2 is 1.97 bits per heavy atom. The fourth-order valence-corrected chi connectivity index (χ4v) is 4.88. The van der Waals surface area contributed by atoms with Crippen LogP contribution in [0.25, 0.3) is 16.8 Å². The van der Waals surface area contributed by atoms with Crippen LogP contribution in [0.15, 0.2) is 45.6 Å². The number of nitrogens with one attached hydrogen (secondary N) is 2. The lowest BCUT2D eigenvalue weighted by molar-refractivity contribution is 0.0213. The molecule has 1 unspecified atom stereocenters. The predicted molar refractivity (Wildman–Crippen MR) is 122 cm³/mol. The molecule has 1 fully saturated rings. The molecule has 0 saturated carbocycles. The van der Waals surface area contributed by atoms with E-state index in [9.17, 15) is 9.18 Å². The number of halogens is 2. The van der Waals surface area contributed by atoms with E-state index in [4.69, 9.17) is 20.9 Å². The Labute approximate surface area is 190 Å². The van der Waals surface area contributed by atoms with Crippen LogP contribution in [0.1, 0.15) is 29.5 Å². The fraction of sp³-hybridized carbons (Fsp3) is 0.375. The van der Waals surface area contributed by atoms with Crippen LogP contribution in [0, 0.1) is 18.7 Å². The fourth-order valence-electron chi connectivity index (χ4n) is 4.64. The van der Waals surface area contributed by atoms with Crippen molar-refractivity contribution in [1.82, 2.24) is 15.4 Å². The second-order valence-corrected chi connectivity index (χ2v) is 9.04. The van der Waals surface area contributed by atoms with Crippen LogP contribution in [0.5, 0.6) is 0 Å². The van der Waals surface area contributed by atoms with Gasteiger partial charge in [0.05, 0.1) is 10.7 Å². The molecular formula is C24H25ClFN3O3. The lowest BCUT2D eigenvalue weighted by Crippen LogP contribution is -2.39. The van der Waals surface area contributed by atoms with Gasteiger partial charge in [-0.1, -0.05) is 23.7 Å². The number of likely N-dealkylation sites (tertiary alicyclic amines) is 1. The van der Waals surface area contributed by atoms with Crippen molar-refractivity contribution in [2.45, 2.75) is 32.3 Å². The zero-order valence-corrected chi connectivity index (χ0v) is 18.5. The minimum Gasteiger partial charge on any atom is -0.408 e. The van der Waals surface area contributed by atoms with Gasteiger partial charge in [0.2, 0.25) is 0 Å². The van der Waals surface area contributed by atoms with Crippen molar-refractivity contribution in [3.63, 3.8) is 0 Å². The van der Waals surface area contributed by atoms with Crippen molar-refractivity contribution in [3.8, 4) is 0 Å². The number of H-pyrrole nitrogens is 1. The number of benzene rings is 2. The molecule has 0 bridgehead atoms. The minimum absolute atomic E-state index is 0.0780. The monoisotopic (exact) mass is 457 g/mol. The van der Waals surface area contributed by atoms with Gasteiger partial charge in [-0.2, -0.15) is 0 Å². The lowest BCUT2D eigenvalue weighted by Gasteiger charge is -2.32. The Balaban J connectivity index is 1.20. The molecule has 8 heteroatoms. The number of rotatable bonds is 5. The maximum absolute atomic E-state index is 13.1. The summed E-state index contributed by atoms with van der Waals surface area (Å²) in [6.07, 6.45) is 5.21. The molecule has 0 spiro atoms. The van der Waals surface area contributed by atoms with E-state index in [0.717, 1.165) is 55.7 Å². The Morgan fingerprint density at radius 1 is 1.22 bits per heavy atom. The van der Waals surface area contributed by atoms with Crippen molar-refractivity contribution in [1.29, 1.82) is 0 Å². The molecule has 0 aliphatic carbocycles. The third-order valence-electron chi connectivity index (χ3n) is 6.45. The molecule has 6 nitrogen and oxygen atoms in total. The van der Waals surface area contributed by atoms with Gasteiger partial charge < -0.3 is 9.32 Å². The van der Waals surface area contributed by atoms with Crippen molar-refractivity contribution in [2.75, 3.05) is 19.6 Å². The van der Waals surface area contributed by atoms with Crippen LogP contribution in [-0.2, 0) is 11.3 Å². The molecule has 1 atom stereocenters. The van der Waals surface area contributed by atoms with E-state index in [2.05, 4.69) is 21.4 Å². The molecule has 2 aliphatic heterocycles. The Kier molecular flexibility index (Phi) is 5.80. The molecular weight excluding hydrogens is 433 g/mol. The number of piperidine rings is 1. The number of oxazole rings is 1. The summed E-state index contributed by atoms with van der Waals surface area (Å²) in [7, 11) is 0. The molecule has 1 aromatic heterocycles. The summed E-state index contributed by atoms with van der Waals surface area (Å²) in [5.41, 5.74) is 7.68. The van der Waals surface area contributed by atoms with Crippen molar-refractivity contribution in [3.05, 3.63) is 74.5 Å². The van der Waals surface area contributed by atoms with E-state index < -0.39 is 5.76 Å². The maximum Gasteiger partial charge on any atom is 0.417 e. The molecule has 2 N–H and O–H groups in total. The summed E-state index contributed by atoms with van der Waals surface area (Å²) in [6.45, 7) is 4.73. The van der Waals surface area contributed by atoms with Gasteiger partial charge in [0.15, 0.2) is 5.58 Å². The third kappa shape index (κ3) is 4.33. The van der Waals surface area contributed by atoms with Crippen LogP contribution in [-0.4, -0.2) is 35.6 Å². The first-order chi connectivity index (χ1) is 15.5. The van der Waals surface area contributed by atoms with E-state index in [-0.39, 0.29) is 11.9 Å². The molecule has 0 amide bonds. The van der Waals surface area contributed by atoms with Crippen molar-refractivity contribution in [2.24, 2.45) is 5.92 Å². The number of hydrogen-bond acceptors (Lipinski definition) is 5. The Bertz CT molecular complexity index is 1210. The summed E-state index contributed by atoms with van der Waals surface area (Å²) in [6, 6.07) is 8.65. The van der Waals surface area contributed by atoms with Gasteiger partial charge in [-0.15, -0.1) is 0 Å². The van der Waals surface area contributed by atoms with E-state index in [1.807, 2.05) is 19.1 Å². The molecule has 2 aromatic carbocycles. The van der Waals surface area contributed by atoms with Gasteiger partial charge in [0.25, 0.3) is 0 Å². The Hall–Kier alpha value is -2.61. The molecule has 32 heavy (non-hydrogen) atoms. The van der Waals surface area contributed by atoms with Crippen LogP contribution in [0.3, 0.4) is 0 Å². The highest BCUT2D eigenvalue weighted by Crippen LogP contribution is 2.33. The first-order valence-corrected chi connectivity index (χ1v) is 11.3. The average molecular weight is 458 g/mol. The number of hydroxylamine groups is 1. The van der Waals surface area contributed by atoms with Gasteiger partial charge in [-0.3, -0.25) is 15.3 Å². The van der Waals surface area contributed by atoms with Crippen molar-refractivity contribution >= 4 is 28.4 Å². The standard InChI is InChI=1S/C24H25ClFN3O3/c1-14-19(12-21-23(22(14)25)27-24(30)31-21)20-11-18(32-28-20)13-29-8-6-16(7-9-29)10-15-2-4-17(26)5-3-15/h2-5,11-12,16,18,28H,6-10,13H2,1H3,(H,27,30). The summed E-state index contributed by atoms with van der Waals surface area (Å²) >= 11 is 6.44. The lowest BCUT2D eigenvalue weighted by atomic mass is 9.90. The minimum atomic E-state index is -0.524. The number of nitrogens with zero attached hydrogens (tertiary/aromatic N) is 1. The number of aromatic nitrogens is 1. The van der Waals surface area contributed by atoms with E-state index in [0.29, 0.717) is 22.0 Å². The van der Waals surface area contributed by atoms with Gasteiger partial charge in [-0.05, 0) is 80.6 Å². The summed E-state index contributed by atoms with van der Waals surface area (Å²) in [5.74, 6) is -0.0852. The van der Waals surface area contributed by atoms with Gasteiger partial charge in [-0.25, -0.2) is 9.18 Å². The molecule has 168 valence electrons. The van der Waals surface area contributed by atoms with Gasteiger partial charge >= 0.3 is 5.76 Å². The molecule has 5 rings (SSSR count).